The van der Waals surface area contributed by atoms with Crippen LogP contribution in [0.1, 0.15) is 5.56 Å². The molecule has 0 radical (unpaired) electrons. The second-order valence-corrected chi connectivity index (χ2v) is 3.18. The van der Waals surface area contributed by atoms with E-state index >= 15 is 0 Å². The number of benzene rings is 2. The van der Waals surface area contributed by atoms with Crippen molar-refractivity contribution in [3.05, 3.63) is 60.2 Å². The quantitative estimate of drug-likeness (QED) is 0.546. The van der Waals surface area contributed by atoms with Gasteiger partial charge in [-0.2, -0.15) is 0 Å². The van der Waals surface area contributed by atoms with Gasteiger partial charge in [-0.05, 0) is 36.5 Å². The molecule has 0 heterocycles. The van der Waals surface area contributed by atoms with Crippen molar-refractivity contribution in [1.29, 1.82) is 0 Å². The molecular formula is C13H14OS. The molecule has 0 aliphatic heterocycles. The summed E-state index contributed by atoms with van der Waals surface area (Å²) >= 11 is 2.53. The predicted molar refractivity (Wildman–Crippen MR) is 68.2 cm³/mol. The molecule has 2 aromatic carbocycles. The molecule has 78 valence electrons. The maximum Gasteiger partial charge on any atom is -0.0155 e. The molecule has 0 bridgehead atoms. The SMILES string of the molecule is Cc1ccccc1-c1ccccc1.OS. The van der Waals surface area contributed by atoms with Crippen LogP contribution in [0.2, 0.25) is 0 Å². The van der Waals surface area contributed by atoms with Crippen molar-refractivity contribution in [2.24, 2.45) is 0 Å². The second-order valence-electron chi connectivity index (χ2n) is 3.18. The Kier molecular flexibility index (Phi) is 4.95. The highest BCUT2D eigenvalue weighted by atomic mass is 32.1. The molecule has 1 nitrogen and oxygen atoms in total. The van der Waals surface area contributed by atoms with E-state index in [0.717, 1.165) is 0 Å². The third-order valence-electron chi connectivity index (χ3n) is 2.23. The Hall–Kier alpha value is -1.25. The molecule has 0 aliphatic rings. The number of hydrogen-bond donors (Lipinski definition) is 2. The van der Waals surface area contributed by atoms with Gasteiger partial charge < -0.3 is 4.55 Å². The molecule has 0 saturated carbocycles. The van der Waals surface area contributed by atoms with E-state index in [1.165, 1.54) is 16.7 Å². The zero-order valence-corrected chi connectivity index (χ0v) is 9.49. The van der Waals surface area contributed by atoms with E-state index in [9.17, 15) is 0 Å². The fourth-order valence-electron chi connectivity index (χ4n) is 1.51. The van der Waals surface area contributed by atoms with Crippen molar-refractivity contribution in [1.82, 2.24) is 0 Å². The average Bonchev–Trinajstić information content (AvgIpc) is 2.33. The van der Waals surface area contributed by atoms with Gasteiger partial charge in [0.2, 0.25) is 0 Å². The topological polar surface area (TPSA) is 20.2 Å². The minimum Gasteiger partial charge on any atom is -0.333 e. The van der Waals surface area contributed by atoms with Crippen LogP contribution in [0.4, 0.5) is 0 Å². The van der Waals surface area contributed by atoms with E-state index in [2.05, 4.69) is 68.4 Å². The lowest BCUT2D eigenvalue weighted by molar-refractivity contribution is 0.679. The fourth-order valence-corrected chi connectivity index (χ4v) is 1.51. The Labute approximate surface area is 96.0 Å². The molecule has 0 amide bonds. The third kappa shape index (κ3) is 3.11. The van der Waals surface area contributed by atoms with Crippen LogP contribution in [-0.2, 0) is 0 Å². The van der Waals surface area contributed by atoms with Gasteiger partial charge in [0.1, 0.15) is 0 Å². The molecule has 0 unspecified atom stereocenters. The summed E-state index contributed by atoms with van der Waals surface area (Å²) in [6.07, 6.45) is 0. The summed E-state index contributed by atoms with van der Waals surface area (Å²) in [6.45, 7) is 2.14. The van der Waals surface area contributed by atoms with Gasteiger partial charge in [-0.15, -0.1) is 0 Å². The molecule has 0 aliphatic carbocycles. The summed E-state index contributed by atoms with van der Waals surface area (Å²) in [5.41, 5.74) is 3.94. The maximum absolute atomic E-state index is 6.69. The lowest BCUT2D eigenvalue weighted by atomic mass is 10.0. The second kappa shape index (κ2) is 6.27. The van der Waals surface area contributed by atoms with Crippen molar-refractivity contribution in [2.45, 2.75) is 6.92 Å². The molecule has 0 saturated heterocycles. The van der Waals surface area contributed by atoms with Gasteiger partial charge in [-0.25, -0.2) is 0 Å². The van der Waals surface area contributed by atoms with Crippen molar-refractivity contribution >= 4 is 12.9 Å². The first kappa shape index (κ1) is 11.8. The van der Waals surface area contributed by atoms with Crippen LogP contribution in [0.25, 0.3) is 11.1 Å². The van der Waals surface area contributed by atoms with Gasteiger partial charge in [-0.3, -0.25) is 0 Å². The minimum absolute atomic E-state index is 1.29. The summed E-state index contributed by atoms with van der Waals surface area (Å²) in [6, 6.07) is 18.9. The van der Waals surface area contributed by atoms with Crippen molar-refractivity contribution < 1.29 is 4.55 Å². The molecule has 0 aromatic heterocycles. The number of hydrogen-bond acceptors (Lipinski definition) is 2. The summed E-state index contributed by atoms with van der Waals surface area (Å²) in [4.78, 5) is 0. The number of aryl methyl sites for hydroxylation is 1. The molecule has 0 spiro atoms. The Balaban J connectivity index is 0.000000531. The number of thiol groups is 1. The fraction of sp³-hybridized carbons (Fsp3) is 0.0769. The van der Waals surface area contributed by atoms with Gasteiger partial charge in [0, 0.05) is 0 Å². The smallest absolute Gasteiger partial charge is 0.0155 e. The lowest BCUT2D eigenvalue weighted by Crippen LogP contribution is -1.80. The first-order chi connectivity index (χ1) is 7.38. The van der Waals surface area contributed by atoms with Gasteiger partial charge in [0.25, 0.3) is 0 Å². The average molecular weight is 218 g/mol. The first-order valence-electron chi connectivity index (χ1n) is 4.69. The lowest BCUT2D eigenvalue weighted by Gasteiger charge is -2.04. The van der Waals surface area contributed by atoms with Gasteiger partial charge in [0.05, 0.1) is 0 Å². The molecule has 2 aromatic rings. The Morgan fingerprint density at radius 1 is 0.800 bits per heavy atom. The Morgan fingerprint density at radius 3 is 1.93 bits per heavy atom. The first-order valence-corrected chi connectivity index (χ1v) is 5.09. The Morgan fingerprint density at radius 2 is 1.33 bits per heavy atom. The molecule has 15 heavy (non-hydrogen) atoms. The molecule has 2 rings (SSSR count). The molecule has 1 N–H and O–H groups in total. The largest absolute Gasteiger partial charge is 0.333 e. The maximum atomic E-state index is 6.69. The highest BCUT2D eigenvalue weighted by Crippen LogP contribution is 2.21. The molecular weight excluding hydrogens is 204 g/mol. The standard InChI is InChI=1S/C13H12.H2OS/c1-11-7-5-6-10-13(11)12-8-3-2-4-9-12;1-2/h2-10H,1H3;1-2H. The molecule has 0 fully saturated rings. The summed E-state index contributed by atoms with van der Waals surface area (Å²) < 4.78 is 6.69. The normalized spacial score (nSPS) is 9.00. The van der Waals surface area contributed by atoms with Crippen LogP contribution < -0.4 is 0 Å². The van der Waals surface area contributed by atoms with Gasteiger partial charge >= 0.3 is 0 Å². The summed E-state index contributed by atoms with van der Waals surface area (Å²) in [5, 5.41) is 0. The summed E-state index contributed by atoms with van der Waals surface area (Å²) in [7, 11) is 0. The Bertz CT molecular complexity index is 398. The molecule has 0 atom stereocenters. The van der Waals surface area contributed by atoms with Crippen molar-refractivity contribution in [3.8, 4) is 11.1 Å². The highest BCUT2D eigenvalue weighted by Gasteiger charge is 1.97. The zero-order valence-electron chi connectivity index (χ0n) is 8.59. The van der Waals surface area contributed by atoms with Crippen LogP contribution in [0, 0.1) is 6.92 Å². The summed E-state index contributed by atoms with van der Waals surface area (Å²) in [5.74, 6) is 0. The van der Waals surface area contributed by atoms with Crippen LogP contribution >= 0.6 is 12.9 Å². The van der Waals surface area contributed by atoms with Crippen molar-refractivity contribution in [2.75, 3.05) is 0 Å². The van der Waals surface area contributed by atoms with Crippen LogP contribution in [0.3, 0.4) is 0 Å². The van der Waals surface area contributed by atoms with Crippen LogP contribution in [-0.4, -0.2) is 4.55 Å². The highest BCUT2D eigenvalue weighted by molar-refractivity contribution is 7.74. The third-order valence-corrected chi connectivity index (χ3v) is 2.23. The van der Waals surface area contributed by atoms with Crippen LogP contribution in [0.15, 0.2) is 54.6 Å². The van der Waals surface area contributed by atoms with E-state index in [0.29, 0.717) is 0 Å². The molecule has 2 heteroatoms. The van der Waals surface area contributed by atoms with E-state index in [1.807, 2.05) is 6.07 Å². The van der Waals surface area contributed by atoms with E-state index in [1.54, 1.807) is 0 Å². The van der Waals surface area contributed by atoms with E-state index in [4.69, 9.17) is 4.55 Å². The van der Waals surface area contributed by atoms with E-state index < -0.39 is 0 Å². The monoisotopic (exact) mass is 218 g/mol. The number of rotatable bonds is 1. The van der Waals surface area contributed by atoms with Crippen molar-refractivity contribution in [3.63, 3.8) is 0 Å². The minimum atomic E-state index is 1.29. The zero-order chi connectivity index (χ0) is 11.1. The predicted octanol–water partition coefficient (Wildman–Crippen LogP) is 4.05. The van der Waals surface area contributed by atoms with Gasteiger partial charge in [0.15, 0.2) is 0 Å². The van der Waals surface area contributed by atoms with Gasteiger partial charge in [-0.1, -0.05) is 54.6 Å². The van der Waals surface area contributed by atoms with E-state index in [-0.39, 0.29) is 0 Å². The van der Waals surface area contributed by atoms with Crippen LogP contribution in [0.5, 0.6) is 0 Å².